The van der Waals surface area contributed by atoms with E-state index in [-0.39, 0.29) is 11.8 Å². The van der Waals surface area contributed by atoms with Crippen molar-refractivity contribution in [1.29, 1.82) is 0 Å². The Morgan fingerprint density at radius 1 is 1.37 bits per heavy atom. The van der Waals surface area contributed by atoms with Crippen LogP contribution in [0.1, 0.15) is 35.9 Å². The Bertz CT molecular complexity index is 536. The van der Waals surface area contributed by atoms with Gasteiger partial charge in [-0.05, 0) is 27.7 Å². The molecule has 1 aliphatic heterocycles. The normalized spacial score (nSPS) is 35.7. The number of amides is 1. The fourth-order valence-electron chi connectivity index (χ4n) is 1.15. The first kappa shape index (κ1) is 9.05. The first-order valence-electron chi connectivity index (χ1n) is 8.62. The number of piperazine rings is 1. The van der Waals surface area contributed by atoms with Gasteiger partial charge in [0.1, 0.15) is 0 Å². The van der Waals surface area contributed by atoms with Crippen LogP contribution in [0.2, 0.25) is 0 Å². The maximum Gasteiger partial charge on any atom is 0.425 e. The van der Waals surface area contributed by atoms with Gasteiger partial charge in [-0.15, -0.1) is 0 Å². The lowest BCUT2D eigenvalue weighted by Crippen LogP contribution is -2.55. The summed E-state index contributed by atoms with van der Waals surface area (Å²) in [6.07, 6.45) is -10.8. The van der Waals surface area contributed by atoms with Crippen molar-refractivity contribution in [2.45, 2.75) is 45.5 Å². The van der Waals surface area contributed by atoms with Crippen LogP contribution in [0.5, 0.6) is 0 Å². The third-order valence-corrected chi connectivity index (χ3v) is 2.39. The Hall–Kier alpha value is -0.980. The summed E-state index contributed by atoms with van der Waals surface area (Å²) in [5.74, 6) is 0. The number of carbonyl (C=O) groups is 1. The predicted octanol–water partition coefficient (Wildman–Crippen LogP) is 2.49. The summed E-state index contributed by atoms with van der Waals surface area (Å²) in [7, 11) is 0. The highest BCUT2D eigenvalue weighted by Gasteiger charge is 2.40. The summed E-state index contributed by atoms with van der Waals surface area (Å²) in [6, 6.07) is 0. The molecule has 0 aromatic carbocycles. The molecule has 1 heterocycles. The molecule has 1 amide bonds. The Morgan fingerprint density at radius 2 is 1.95 bits per heavy atom. The van der Waals surface area contributed by atoms with Gasteiger partial charge in [0.25, 0.3) is 0 Å². The van der Waals surface area contributed by atoms with E-state index in [4.69, 9.17) is 8.22 Å². The molecule has 1 rings (SSSR count). The maximum atomic E-state index is 12.7. The van der Waals surface area contributed by atoms with Gasteiger partial charge in [0.05, 0.1) is 5.48 Å². The number of nitrogens with zero attached hydrogens (tertiary/aromatic N) is 2. The molecule has 1 fully saturated rings. The minimum atomic E-state index is -5.24. The molecule has 0 N–H and O–H groups in total. The van der Waals surface area contributed by atoms with E-state index in [1.54, 1.807) is 20.8 Å². The fourth-order valence-corrected chi connectivity index (χ4v) is 1.15. The van der Waals surface area contributed by atoms with E-state index in [1.165, 1.54) is 0 Å². The summed E-state index contributed by atoms with van der Waals surface area (Å²) >= 11 is 0. The Labute approximate surface area is 119 Å². The van der Waals surface area contributed by atoms with Gasteiger partial charge in [-0.25, -0.2) is 4.79 Å². The van der Waals surface area contributed by atoms with Crippen molar-refractivity contribution in [2.24, 2.45) is 0 Å². The van der Waals surface area contributed by atoms with E-state index in [0.29, 0.717) is 0 Å². The molecule has 19 heavy (non-hydrogen) atoms. The molecule has 0 bridgehead atoms. The molecule has 0 aliphatic carbocycles. The molecule has 0 aromatic heterocycles. The van der Waals surface area contributed by atoms with Crippen LogP contribution in [0.3, 0.4) is 0 Å². The number of rotatable bonds is 1. The van der Waals surface area contributed by atoms with Gasteiger partial charge in [-0.3, -0.25) is 4.90 Å². The summed E-state index contributed by atoms with van der Waals surface area (Å²) in [5, 5.41) is 0. The van der Waals surface area contributed by atoms with Gasteiger partial charge in [-0.1, -0.05) is 0 Å². The van der Waals surface area contributed by atoms with E-state index >= 15 is 0 Å². The molecule has 0 aromatic rings. The molecule has 1 aliphatic rings. The van der Waals surface area contributed by atoms with E-state index in [0.717, 1.165) is 4.90 Å². The summed E-state index contributed by atoms with van der Waals surface area (Å²) in [5.41, 5.74) is -0.915. The van der Waals surface area contributed by atoms with Crippen LogP contribution in [0.25, 0.3) is 0 Å². The minimum Gasteiger partial charge on any atom is -0.437 e. The number of hydrogen-bond acceptors (Lipinski definition) is 3. The highest BCUT2D eigenvalue weighted by atomic mass is 19.4. The van der Waals surface area contributed by atoms with E-state index in [2.05, 4.69) is 4.74 Å². The SMILES string of the molecule is [2H]C1N(C(=O)OC([2H])(C)C(F)(F)F)C([2H])([2H])CN(C(C)(C)C)C1([2H])[2H]. The zero-order valence-corrected chi connectivity index (χ0v) is 11.1. The number of hydrogen-bond donors (Lipinski definition) is 0. The fraction of sp³-hybridized carbons (Fsp3) is 0.917. The maximum absolute atomic E-state index is 12.7. The average Bonchev–Trinajstić information content (AvgIpc) is 2.30. The predicted molar refractivity (Wildman–Crippen MR) is 64.9 cm³/mol. The molecule has 0 radical (unpaired) electrons. The molecule has 0 spiro atoms. The Kier molecular flexibility index (Phi) is 2.65. The summed E-state index contributed by atoms with van der Waals surface area (Å²) in [4.78, 5) is 13.1. The van der Waals surface area contributed by atoms with Crippen molar-refractivity contribution < 1.29 is 30.9 Å². The lowest BCUT2D eigenvalue weighted by atomic mass is 10.1. The Morgan fingerprint density at radius 3 is 2.42 bits per heavy atom. The van der Waals surface area contributed by atoms with Crippen molar-refractivity contribution in [1.82, 2.24) is 9.80 Å². The molecule has 112 valence electrons. The monoisotopic (exact) mass is 288 g/mol. The molecular weight excluding hydrogens is 261 g/mol. The van der Waals surface area contributed by atoms with Crippen LogP contribution in [-0.2, 0) is 4.74 Å². The molecule has 0 saturated carbocycles. The first-order valence-corrected chi connectivity index (χ1v) is 5.54. The van der Waals surface area contributed by atoms with Gasteiger partial charge < -0.3 is 9.64 Å². The highest BCUT2D eigenvalue weighted by Crippen LogP contribution is 2.23. The average molecular weight is 288 g/mol. The van der Waals surface area contributed by atoms with Gasteiger partial charge in [0.2, 0.25) is 0 Å². The lowest BCUT2D eigenvalue weighted by Gasteiger charge is -2.42. The van der Waals surface area contributed by atoms with Gasteiger partial charge in [0.15, 0.2) is 6.08 Å². The summed E-state index contributed by atoms with van der Waals surface area (Å²) < 4.78 is 89.1. The van der Waals surface area contributed by atoms with Crippen LogP contribution >= 0.6 is 0 Å². The van der Waals surface area contributed by atoms with E-state index in [1.807, 2.05) is 0 Å². The van der Waals surface area contributed by atoms with Crippen LogP contribution < -0.4 is 0 Å². The lowest BCUT2D eigenvalue weighted by molar-refractivity contribution is -0.200. The van der Waals surface area contributed by atoms with Crippen molar-refractivity contribution in [2.75, 3.05) is 26.1 Å². The second kappa shape index (κ2) is 5.56. The number of carbonyl (C=O) groups excluding carboxylic acids is 1. The number of halogens is 3. The summed E-state index contributed by atoms with van der Waals surface area (Å²) in [6.45, 7) is -3.13. The number of alkyl halides is 3. The third kappa shape index (κ3) is 4.56. The molecule has 4 nitrogen and oxygen atoms in total. The molecule has 7 heteroatoms. The smallest absolute Gasteiger partial charge is 0.425 e. The third-order valence-electron chi connectivity index (χ3n) is 2.39. The quantitative estimate of drug-likeness (QED) is 0.743. The van der Waals surface area contributed by atoms with Gasteiger partial charge >= 0.3 is 12.3 Å². The zero-order valence-electron chi connectivity index (χ0n) is 17.1. The zero-order chi connectivity index (χ0) is 20.2. The van der Waals surface area contributed by atoms with Crippen molar-refractivity contribution in [3.63, 3.8) is 0 Å². The number of ether oxygens (including phenoxy) is 1. The van der Waals surface area contributed by atoms with Crippen molar-refractivity contribution in [3.05, 3.63) is 0 Å². The topological polar surface area (TPSA) is 32.8 Å². The molecule has 2 atom stereocenters. The van der Waals surface area contributed by atoms with E-state index in [9.17, 15) is 18.0 Å². The van der Waals surface area contributed by atoms with Gasteiger partial charge in [0, 0.05) is 34.3 Å². The van der Waals surface area contributed by atoms with Crippen LogP contribution in [0, 0.1) is 0 Å². The second-order valence-electron chi connectivity index (χ2n) is 4.97. The molecular formula is C12H21F3N2O2. The molecule has 2 unspecified atom stereocenters. The van der Waals surface area contributed by atoms with Crippen LogP contribution in [0.15, 0.2) is 0 Å². The Balaban J connectivity index is 3.22. The largest absolute Gasteiger partial charge is 0.437 e. The highest BCUT2D eigenvalue weighted by molar-refractivity contribution is 5.68. The second-order valence-corrected chi connectivity index (χ2v) is 4.97. The first-order chi connectivity index (χ1) is 10.7. The molecule has 1 saturated heterocycles. The van der Waals surface area contributed by atoms with E-state index < -0.39 is 49.9 Å². The van der Waals surface area contributed by atoms with Crippen molar-refractivity contribution >= 4 is 6.09 Å². The van der Waals surface area contributed by atoms with Crippen LogP contribution in [-0.4, -0.2) is 59.7 Å². The minimum absolute atomic E-state index is 0.0340. The van der Waals surface area contributed by atoms with Gasteiger partial charge in [-0.2, -0.15) is 13.2 Å². The van der Waals surface area contributed by atoms with Crippen LogP contribution in [0.4, 0.5) is 18.0 Å². The van der Waals surface area contributed by atoms with Crippen molar-refractivity contribution in [3.8, 4) is 0 Å². The standard InChI is InChI=1S/C12H21F3N2O2/c1-9(12(13,14)15)19-10(18)16-5-7-17(8-6-16)11(2,3)4/h9H,5-8H2,1-4H3/i5D,6D2,7D2,9D.